The van der Waals surface area contributed by atoms with Crippen LogP contribution in [0.25, 0.3) is 0 Å². The predicted molar refractivity (Wildman–Crippen MR) is 90.0 cm³/mol. The third-order valence-electron chi connectivity index (χ3n) is 5.30. The van der Waals surface area contributed by atoms with Crippen LogP contribution in [-0.2, 0) is 0 Å². The second kappa shape index (κ2) is 7.61. The molecule has 122 valence electrons. The first-order valence-electron chi connectivity index (χ1n) is 8.78. The summed E-state index contributed by atoms with van der Waals surface area (Å²) < 4.78 is 0. The van der Waals surface area contributed by atoms with Crippen molar-refractivity contribution in [3.05, 3.63) is 35.4 Å². The van der Waals surface area contributed by atoms with Crippen LogP contribution in [0.3, 0.4) is 0 Å². The molecule has 1 N–H and O–H groups in total. The predicted octanol–water partition coefficient (Wildman–Crippen LogP) is 2.94. The maximum absolute atomic E-state index is 12.2. The van der Waals surface area contributed by atoms with Gasteiger partial charge in [0.15, 0.2) is 0 Å². The normalized spacial score (nSPS) is 20.3. The van der Waals surface area contributed by atoms with Crippen molar-refractivity contribution in [3.63, 3.8) is 0 Å². The molecule has 0 atom stereocenters. The van der Waals surface area contributed by atoms with E-state index < -0.39 is 0 Å². The molecule has 2 fully saturated rings. The van der Waals surface area contributed by atoms with Gasteiger partial charge >= 0.3 is 0 Å². The summed E-state index contributed by atoms with van der Waals surface area (Å²) in [5.41, 5.74) is 1.11. The van der Waals surface area contributed by atoms with Crippen molar-refractivity contribution in [2.75, 3.05) is 19.6 Å². The summed E-state index contributed by atoms with van der Waals surface area (Å²) in [6.45, 7) is 3.10. The Bertz CT molecular complexity index is 579. The van der Waals surface area contributed by atoms with Gasteiger partial charge in [-0.25, -0.2) is 0 Å². The van der Waals surface area contributed by atoms with Crippen LogP contribution in [0.1, 0.15) is 54.4 Å². The minimum atomic E-state index is -0.0691. The van der Waals surface area contributed by atoms with E-state index in [1.165, 1.54) is 51.6 Å². The third kappa shape index (κ3) is 4.11. The highest BCUT2D eigenvalue weighted by Crippen LogP contribution is 2.27. The molecule has 0 bridgehead atoms. The number of hydrogen-bond acceptors (Lipinski definition) is 3. The second-order valence-corrected chi connectivity index (χ2v) is 6.82. The quantitative estimate of drug-likeness (QED) is 0.930. The van der Waals surface area contributed by atoms with Crippen molar-refractivity contribution < 1.29 is 4.79 Å². The number of carbonyl (C=O) groups excluding carboxylic acids is 1. The molecule has 1 aromatic carbocycles. The van der Waals surface area contributed by atoms with Crippen molar-refractivity contribution in [1.82, 2.24) is 10.2 Å². The Kier molecular flexibility index (Phi) is 5.30. The fourth-order valence-electron chi connectivity index (χ4n) is 3.86. The standard InChI is InChI=1S/C19H25N3O/c20-13-16-4-3-5-17(12-16)19(23)21-14-15-8-10-22(11-9-15)18-6-1-2-7-18/h3-5,12,15,18H,1-2,6-11,14H2,(H,21,23). The van der Waals surface area contributed by atoms with Gasteiger partial charge in [0.25, 0.3) is 5.91 Å². The molecule has 23 heavy (non-hydrogen) atoms. The van der Waals surface area contributed by atoms with E-state index in [4.69, 9.17) is 5.26 Å². The summed E-state index contributed by atoms with van der Waals surface area (Å²) in [6, 6.07) is 9.78. The summed E-state index contributed by atoms with van der Waals surface area (Å²) >= 11 is 0. The molecule has 0 unspecified atom stereocenters. The number of likely N-dealkylation sites (tertiary alicyclic amines) is 1. The van der Waals surface area contributed by atoms with Gasteiger partial charge < -0.3 is 10.2 Å². The van der Waals surface area contributed by atoms with Gasteiger partial charge in [0.05, 0.1) is 11.6 Å². The van der Waals surface area contributed by atoms with Gasteiger partial charge in [-0.15, -0.1) is 0 Å². The summed E-state index contributed by atoms with van der Waals surface area (Å²) in [5.74, 6) is 0.510. The molecule has 1 heterocycles. The first kappa shape index (κ1) is 16.0. The van der Waals surface area contributed by atoms with Crippen LogP contribution in [0.4, 0.5) is 0 Å². The lowest BCUT2D eigenvalue weighted by Crippen LogP contribution is -2.42. The number of nitrogens with one attached hydrogen (secondary N) is 1. The first-order valence-corrected chi connectivity index (χ1v) is 8.78. The lowest BCUT2D eigenvalue weighted by atomic mass is 9.95. The van der Waals surface area contributed by atoms with Crippen LogP contribution in [0, 0.1) is 17.2 Å². The molecule has 3 rings (SSSR count). The van der Waals surface area contributed by atoms with Gasteiger partial charge in [-0.1, -0.05) is 18.9 Å². The first-order chi connectivity index (χ1) is 11.3. The molecule has 1 amide bonds. The molecule has 0 radical (unpaired) electrons. The van der Waals surface area contributed by atoms with Crippen LogP contribution in [0.2, 0.25) is 0 Å². The molecule has 1 aromatic rings. The fourth-order valence-corrected chi connectivity index (χ4v) is 3.86. The third-order valence-corrected chi connectivity index (χ3v) is 5.30. The Hall–Kier alpha value is -1.86. The number of hydrogen-bond donors (Lipinski definition) is 1. The number of amides is 1. The van der Waals surface area contributed by atoms with E-state index in [9.17, 15) is 4.79 Å². The highest BCUT2D eigenvalue weighted by atomic mass is 16.1. The monoisotopic (exact) mass is 311 g/mol. The van der Waals surface area contributed by atoms with E-state index in [-0.39, 0.29) is 5.91 Å². The van der Waals surface area contributed by atoms with Gasteiger partial charge in [-0.2, -0.15) is 5.26 Å². The zero-order valence-corrected chi connectivity index (χ0v) is 13.6. The Morgan fingerprint density at radius 1 is 1.22 bits per heavy atom. The average Bonchev–Trinajstić information content (AvgIpc) is 3.15. The Labute approximate surface area is 138 Å². The Morgan fingerprint density at radius 3 is 2.65 bits per heavy atom. The molecular weight excluding hydrogens is 286 g/mol. The molecule has 2 aliphatic rings. The molecule has 1 saturated carbocycles. The summed E-state index contributed by atoms with van der Waals surface area (Å²) in [5, 5.41) is 11.9. The van der Waals surface area contributed by atoms with E-state index in [0.717, 1.165) is 12.6 Å². The van der Waals surface area contributed by atoms with E-state index in [1.807, 2.05) is 0 Å². The average molecular weight is 311 g/mol. The number of nitriles is 1. The molecule has 4 nitrogen and oxygen atoms in total. The number of nitrogens with zero attached hydrogens (tertiary/aromatic N) is 2. The molecule has 1 saturated heterocycles. The van der Waals surface area contributed by atoms with Crippen molar-refractivity contribution in [1.29, 1.82) is 5.26 Å². The smallest absolute Gasteiger partial charge is 0.251 e. The topological polar surface area (TPSA) is 56.1 Å². The highest BCUT2D eigenvalue weighted by Gasteiger charge is 2.27. The lowest BCUT2D eigenvalue weighted by Gasteiger charge is -2.36. The molecule has 4 heteroatoms. The van der Waals surface area contributed by atoms with E-state index in [0.29, 0.717) is 17.0 Å². The highest BCUT2D eigenvalue weighted by molar-refractivity contribution is 5.94. The van der Waals surface area contributed by atoms with E-state index >= 15 is 0 Å². The SMILES string of the molecule is N#Cc1cccc(C(=O)NCC2CCN(C3CCCC3)CC2)c1. The van der Waals surface area contributed by atoms with Crippen LogP contribution in [-0.4, -0.2) is 36.5 Å². The zero-order valence-electron chi connectivity index (χ0n) is 13.6. The van der Waals surface area contributed by atoms with Gasteiger partial charge in [0.1, 0.15) is 0 Å². The fraction of sp³-hybridized carbons (Fsp3) is 0.579. The number of piperidine rings is 1. The van der Waals surface area contributed by atoms with Crippen LogP contribution >= 0.6 is 0 Å². The zero-order chi connectivity index (χ0) is 16.1. The van der Waals surface area contributed by atoms with Gasteiger partial charge in [-0.3, -0.25) is 4.79 Å². The van der Waals surface area contributed by atoms with Crippen molar-refractivity contribution in [2.24, 2.45) is 5.92 Å². The second-order valence-electron chi connectivity index (χ2n) is 6.82. The maximum atomic E-state index is 12.2. The van der Waals surface area contributed by atoms with E-state index in [1.54, 1.807) is 24.3 Å². The summed E-state index contributed by atoms with van der Waals surface area (Å²) in [6.07, 6.45) is 7.88. The Morgan fingerprint density at radius 2 is 1.96 bits per heavy atom. The minimum absolute atomic E-state index is 0.0691. The van der Waals surface area contributed by atoms with E-state index in [2.05, 4.69) is 16.3 Å². The molecular formula is C19H25N3O. The van der Waals surface area contributed by atoms with Crippen molar-refractivity contribution in [2.45, 2.75) is 44.6 Å². The largest absolute Gasteiger partial charge is 0.352 e. The van der Waals surface area contributed by atoms with Crippen LogP contribution in [0.15, 0.2) is 24.3 Å². The van der Waals surface area contributed by atoms with Gasteiger partial charge in [0.2, 0.25) is 0 Å². The number of benzene rings is 1. The minimum Gasteiger partial charge on any atom is -0.352 e. The van der Waals surface area contributed by atoms with Crippen molar-refractivity contribution >= 4 is 5.91 Å². The van der Waals surface area contributed by atoms with Crippen molar-refractivity contribution in [3.8, 4) is 6.07 Å². The Balaban J connectivity index is 1.44. The number of rotatable bonds is 4. The van der Waals surface area contributed by atoms with Crippen LogP contribution < -0.4 is 5.32 Å². The maximum Gasteiger partial charge on any atom is 0.251 e. The molecule has 1 aliphatic carbocycles. The summed E-state index contributed by atoms with van der Waals surface area (Å²) in [7, 11) is 0. The van der Waals surface area contributed by atoms with Crippen LogP contribution in [0.5, 0.6) is 0 Å². The summed E-state index contributed by atoms with van der Waals surface area (Å²) in [4.78, 5) is 14.9. The molecule has 0 spiro atoms. The molecule has 0 aromatic heterocycles. The molecule has 1 aliphatic heterocycles. The van der Waals surface area contributed by atoms with Gasteiger partial charge in [-0.05, 0) is 62.9 Å². The lowest BCUT2D eigenvalue weighted by molar-refractivity contribution is 0.0924. The number of carbonyl (C=O) groups is 1. The van der Waals surface area contributed by atoms with Gasteiger partial charge in [0, 0.05) is 18.2 Å².